The molecule has 1 aromatic heterocycles. The second-order valence-electron chi connectivity index (χ2n) is 5.87. The van der Waals surface area contributed by atoms with Crippen molar-refractivity contribution < 1.29 is 4.79 Å². The molecule has 0 saturated carbocycles. The van der Waals surface area contributed by atoms with E-state index in [0.29, 0.717) is 6.42 Å². The number of nitrogens with one attached hydrogen (secondary N) is 1. The van der Waals surface area contributed by atoms with Crippen LogP contribution in [0.2, 0.25) is 0 Å². The molecule has 22 heavy (non-hydrogen) atoms. The number of hydrogen-bond acceptors (Lipinski definition) is 4. The molecule has 0 aliphatic heterocycles. The van der Waals surface area contributed by atoms with Gasteiger partial charge in [-0.05, 0) is 45.1 Å². The standard InChI is InChI=1S/C17H25N3OS/c1-4-5-6-7-14-12(2)8-9-15(14)19-20-16(21)10-17-18-13(3)11-22-17/h11H,4-10H2,1-3H3,(H,20,21)/b19-15-. The van der Waals surface area contributed by atoms with Crippen LogP contribution in [0.3, 0.4) is 0 Å². The van der Waals surface area contributed by atoms with E-state index in [1.54, 1.807) is 0 Å². The second-order valence-corrected chi connectivity index (χ2v) is 6.81. The SMILES string of the molecule is CCCCCC1=C(C)CC/C1=N/NC(=O)Cc1nc(C)cs1. The van der Waals surface area contributed by atoms with Gasteiger partial charge in [0.15, 0.2) is 0 Å². The highest BCUT2D eigenvalue weighted by Crippen LogP contribution is 2.27. The minimum atomic E-state index is -0.0840. The maximum Gasteiger partial charge on any atom is 0.246 e. The van der Waals surface area contributed by atoms with Crippen LogP contribution in [0.15, 0.2) is 21.6 Å². The first-order valence-electron chi connectivity index (χ1n) is 8.05. The fraction of sp³-hybridized carbons (Fsp3) is 0.588. The van der Waals surface area contributed by atoms with Crippen LogP contribution in [0.5, 0.6) is 0 Å². The van der Waals surface area contributed by atoms with Crippen LogP contribution in [-0.4, -0.2) is 16.6 Å². The third-order valence-corrected chi connectivity index (χ3v) is 4.89. The molecule has 5 heteroatoms. The van der Waals surface area contributed by atoms with E-state index in [1.807, 2.05) is 12.3 Å². The van der Waals surface area contributed by atoms with Gasteiger partial charge in [0.25, 0.3) is 0 Å². The molecule has 0 saturated heterocycles. The molecule has 1 N–H and O–H groups in total. The lowest BCUT2D eigenvalue weighted by molar-refractivity contribution is -0.120. The first-order valence-corrected chi connectivity index (χ1v) is 8.93. The van der Waals surface area contributed by atoms with Gasteiger partial charge in [0.2, 0.25) is 5.91 Å². The van der Waals surface area contributed by atoms with E-state index >= 15 is 0 Å². The third kappa shape index (κ3) is 4.77. The molecule has 0 bridgehead atoms. The Morgan fingerprint density at radius 2 is 2.18 bits per heavy atom. The zero-order valence-electron chi connectivity index (χ0n) is 13.7. The summed E-state index contributed by atoms with van der Waals surface area (Å²) in [4.78, 5) is 16.3. The topological polar surface area (TPSA) is 54.4 Å². The Morgan fingerprint density at radius 1 is 1.36 bits per heavy atom. The van der Waals surface area contributed by atoms with Gasteiger partial charge in [0.1, 0.15) is 5.01 Å². The van der Waals surface area contributed by atoms with Gasteiger partial charge in [0, 0.05) is 11.1 Å². The number of carbonyl (C=O) groups excluding carboxylic acids is 1. The average Bonchev–Trinajstić information content (AvgIpc) is 3.04. The lowest BCUT2D eigenvalue weighted by Crippen LogP contribution is -2.21. The van der Waals surface area contributed by atoms with Crippen molar-refractivity contribution in [2.45, 2.75) is 65.7 Å². The van der Waals surface area contributed by atoms with E-state index in [1.165, 1.54) is 41.7 Å². The molecule has 0 fully saturated rings. The van der Waals surface area contributed by atoms with Crippen molar-refractivity contribution in [1.82, 2.24) is 10.4 Å². The Kier molecular flexibility index (Phi) is 6.31. The van der Waals surface area contributed by atoms with Crippen molar-refractivity contribution in [1.29, 1.82) is 0 Å². The molecule has 0 atom stereocenters. The van der Waals surface area contributed by atoms with Crippen molar-refractivity contribution in [3.8, 4) is 0 Å². The van der Waals surface area contributed by atoms with Crippen LogP contribution < -0.4 is 5.43 Å². The Balaban J connectivity index is 1.89. The summed E-state index contributed by atoms with van der Waals surface area (Å²) in [5.74, 6) is -0.0840. The predicted octanol–water partition coefficient (Wildman–Crippen LogP) is 4.16. The van der Waals surface area contributed by atoms with Crippen molar-refractivity contribution in [3.05, 3.63) is 27.2 Å². The number of allylic oxidation sites excluding steroid dienone is 2. The van der Waals surface area contributed by atoms with Gasteiger partial charge in [-0.3, -0.25) is 4.79 Å². The van der Waals surface area contributed by atoms with E-state index in [4.69, 9.17) is 0 Å². The first-order chi connectivity index (χ1) is 10.6. The van der Waals surface area contributed by atoms with Crippen molar-refractivity contribution in [3.63, 3.8) is 0 Å². The number of amides is 1. The van der Waals surface area contributed by atoms with E-state index in [9.17, 15) is 4.79 Å². The minimum absolute atomic E-state index is 0.0840. The first kappa shape index (κ1) is 16.9. The molecule has 0 unspecified atom stereocenters. The zero-order chi connectivity index (χ0) is 15.9. The number of thiazole rings is 1. The quantitative estimate of drug-likeness (QED) is 0.606. The van der Waals surface area contributed by atoms with Crippen LogP contribution in [0, 0.1) is 6.92 Å². The molecule has 0 radical (unpaired) electrons. The molecule has 1 amide bonds. The predicted molar refractivity (Wildman–Crippen MR) is 92.2 cm³/mol. The summed E-state index contributed by atoms with van der Waals surface area (Å²) in [6.45, 7) is 6.34. The number of rotatable bonds is 7. The summed E-state index contributed by atoms with van der Waals surface area (Å²) in [6.07, 6.45) is 7.09. The molecular weight excluding hydrogens is 294 g/mol. The van der Waals surface area contributed by atoms with E-state index in [0.717, 1.165) is 35.7 Å². The lowest BCUT2D eigenvalue weighted by atomic mass is 10.0. The van der Waals surface area contributed by atoms with Gasteiger partial charge in [0.05, 0.1) is 12.1 Å². The Morgan fingerprint density at radius 3 is 2.86 bits per heavy atom. The molecule has 1 aliphatic rings. The van der Waals surface area contributed by atoms with Gasteiger partial charge >= 0.3 is 0 Å². The van der Waals surface area contributed by atoms with Gasteiger partial charge in [-0.25, -0.2) is 10.4 Å². The van der Waals surface area contributed by atoms with Gasteiger partial charge < -0.3 is 0 Å². The molecule has 1 aromatic rings. The minimum Gasteiger partial charge on any atom is -0.273 e. The van der Waals surface area contributed by atoms with E-state index < -0.39 is 0 Å². The number of hydrogen-bond donors (Lipinski definition) is 1. The highest BCUT2D eigenvalue weighted by Gasteiger charge is 2.18. The van der Waals surface area contributed by atoms with Crippen molar-refractivity contribution in [2.24, 2.45) is 5.10 Å². The summed E-state index contributed by atoms with van der Waals surface area (Å²) >= 11 is 1.52. The van der Waals surface area contributed by atoms with Gasteiger partial charge in [-0.15, -0.1) is 11.3 Å². The highest BCUT2D eigenvalue weighted by molar-refractivity contribution is 7.09. The van der Waals surface area contributed by atoms with Crippen LogP contribution in [0.1, 0.15) is 63.1 Å². The third-order valence-electron chi connectivity index (χ3n) is 3.92. The maximum absolute atomic E-state index is 12.0. The Bertz CT molecular complexity index is 586. The maximum atomic E-state index is 12.0. The normalized spacial score (nSPS) is 16.6. The lowest BCUT2D eigenvalue weighted by Gasteiger charge is -2.06. The molecule has 1 heterocycles. The summed E-state index contributed by atoms with van der Waals surface area (Å²) in [6, 6.07) is 0. The van der Waals surface area contributed by atoms with Gasteiger partial charge in [-0.2, -0.15) is 5.10 Å². The Labute approximate surface area is 136 Å². The number of aryl methyl sites for hydroxylation is 1. The summed E-state index contributed by atoms with van der Waals surface area (Å²) in [7, 11) is 0. The number of unbranched alkanes of at least 4 members (excludes halogenated alkanes) is 2. The summed E-state index contributed by atoms with van der Waals surface area (Å²) < 4.78 is 0. The second kappa shape index (κ2) is 8.22. The molecule has 120 valence electrons. The molecule has 1 aliphatic carbocycles. The molecule has 0 aromatic carbocycles. The largest absolute Gasteiger partial charge is 0.273 e. The number of aromatic nitrogens is 1. The van der Waals surface area contributed by atoms with Crippen LogP contribution >= 0.6 is 11.3 Å². The smallest absolute Gasteiger partial charge is 0.246 e. The van der Waals surface area contributed by atoms with Crippen molar-refractivity contribution in [2.75, 3.05) is 0 Å². The number of hydrazone groups is 1. The van der Waals surface area contributed by atoms with Crippen LogP contribution in [0.25, 0.3) is 0 Å². The molecule has 0 spiro atoms. The van der Waals surface area contributed by atoms with Crippen LogP contribution in [0.4, 0.5) is 0 Å². The fourth-order valence-corrected chi connectivity index (χ4v) is 3.45. The molecule has 2 rings (SSSR count). The number of nitrogens with zero attached hydrogens (tertiary/aromatic N) is 2. The Hall–Kier alpha value is -1.49. The molecule has 4 nitrogen and oxygen atoms in total. The average molecular weight is 319 g/mol. The van der Waals surface area contributed by atoms with E-state index in [-0.39, 0.29) is 5.91 Å². The van der Waals surface area contributed by atoms with Crippen LogP contribution in [-0.2, 0) is 11.2 Å². The zero-order valence-corrected chi connectivity index (χ0v) is 14.6. The molecular formula is C17H25N3OS. The van der Waals surface area contributed by atoms with E-state index in [2.05, 4.69) is 29.4 Å². The summed E-state index contributed by atoms with van der Waals surface area (Å²) in [5.41, 5.74) is 7.53. The monoisotopic (exact) mass is 319 g/mol. The fourth-order valence-electron chi connectivity index (χ4n) is 2.68. The summed E-state index contributed by atoms with van der Waals surface area (Å²) in [5, 5.41) is 7.18. The van der Waals surface area contributed by atoms with Gasteiger partial charge in [-0.1, -0.05) is 25.3 Å². The van der Waals surface area contributed by atoms with Crippen molar-refractivity contribution >= 4 is 23.0 Å². The highest BCUT2D eigenvalue weighted by atomic mass is 32.1. The number of carbonyl (C=O) groups is 1.